The van der Waals surface area contributed by atoms with Gasteiger partial charge >= 0.3 is 18.2 Å². The van der Waals surface area contributed by atoms with Crippen LogP contribution in [-0.4, -0.2) is 58.1 Å². The molecule has 3 N–H and O–H groups in total. The SMILES string of the molecule is CCCCC[C@H](C)C(=O)CCCCC[C@H](NC(=O)OC(C)(C)C)C(=O)CCCCC[C@H](NC(=O)OC(C)(C)C)C(=O)O. The first-order chi connectivity index (χ1) is 19.4. The molecule has 0 aliphatic heterocycles. The van der Waals surface area contributed by atoms with E-state index in [1.54, 1.807) is 41.5 Å². The lowest BCUT2D eigenvalue weighted by Crippen LogP contribution is -2.43. The minimum Gasteiger partial charge on any atom is -0.480 e. The Morgan fingerprint density at radius 2 is 1.05 bits per heavy atom. The molecule has 42 heavy (non-hydrogen) atoms. The molecule has 244 valence electrons. The average Bonchev–Trinajstić information content (AvgIpc) is 2.84. The molecule has 0 rings (SSSR count). The second-order valence-corrected chi connectivity index (χ2v) is 13.3. The van der Waals surface area contributed by atoms with E-state index in [1.165, 1.54) is 0 Å². The molecule has 0 spiro atoms. The van der Waals surface area contributed by atoms with Crippen molar-refractivity contribution in [2.45, 2.75) is 169 Å². The van der Waals surface area contributed by atoms with Gasteiger partial charge in [-0.15, -0.1) is 0 Å². The standard InChI is InChI=1S/C32H58N2O8/c1-9-10-13-18-23(2)26(35)21-16-11-14-19-24(33-29(39)41-31(3,4)5)27(36)22-17-12-15-20-25(28(37)38)34-30(40)42-32(6,7)8/h23-25H,9-22H2,1-8H3,(H,33,39)(H,34,40)(H,37,38)/t23-,24-,25-/m0/s1. The number of carboxylic acid groups (broad SMARTS) is 1. The van der Waals surface area contributed by atoms with Crippen LogP contribution in [0.15, 0.2) is 0 Å². The summed E-state index contributed by atoms with van der Waals surface area (Å²) in [6.45, 7) is 14.5. The van der Waals surface area contributed by atoms with Gasteiger partial charge < -0.3 is 25.2 Å². The van der Waals surface area contributed by atoms with Crippen LogP contribution in [-0.2, 0) is 23.9 Å². The molecule has 0 unspecified atom stereocenters. The van der Waals surface area contributed by atoms with Gasteiger partial charge in [0.1, 0.15) is 23.0 Å². The predicted molar refractivity (Wildman–Crippen MR) is 163 cm³/mol. The lowest BCUT2D eigenvalue weighted by molar-refractivity contribution is -0.139. The molecule has 0 heterocycles. The van der Waals surface area contributed by atoms with E-state index >= 15 is 0 Å². The third-order valence-corrected chi connectivity index (χ3v) is 6.69. The molecule has 0 aromatic heterocycles. The number of hydrogen-bond acceptors (Lipinski definition) is 7. The van der Waals surface area contributed by atoms with Crippen molar-refractivity contribution in [1.82, 2.24) is 10.6 Å². The first kappa shape index (κ1) is 39.4. The van der Waals surface area contributed by atoms with E-state index < -0.39 is 41.4 Å². The highest BCUT2D eigenvalue weighted by Crippen LogP contribution is 2.17. The van der Waals surface area contributed by atoms with Gasteiger partial charge in [-0.2, -0.15) is 0 Å². The Morgan fingerprint density at radius 3 is 1.50 bits per heavy atom. The van der Waals surface area contributed by atoms with Crippen molar-refractivity contribution in [2.75, 3.05) is 0 Å². The Kier molecular flexibility index (Phi) is 19.0. The smallest absolute Gasteiger partial charge is 0.408 e. The summed E-state index contributed by atoms with van der Waals surface area (Å²) in [5.74, 6) is -0.884. The molecule has 3 atom stereocenters. The van der Waals surface area contributed by atoms with Gasteiger partial charge in [-0.3, -0.25) is 9.59 Å². The van der Waals surface area contributed by atoms with Crippen molar-refractivity contribution in [3.05, 3.63) is 0 Å². The number of ketones is 2. The highest BCUT2D eigenvalue weighted by atomic mass is 16.6. The average molecular weight is 599 g/mol. The summed E-state index contributed by atoms with van der Waals surface area (Å²) in [5.41, 5.74) is -1.43. The van der Waals surface area contributed by atoms with Gasteiger partial charge in [0.25, 0.3) is 0 Å². The number of amides is 2. The van der Waals surface area contributed by atoms with Crippen molar-refractivity contribution < 1.29 is 38.6 Å². The minimum absolute atomic E-state index is 0.0820. The van der Waals surface area contributed by atoms with Crippen molar-refractivity contribution >= 4 is 29.7 Å². The van der Waals surface area contributed by atoms with Crippen molar-refractivity contribution in [2.24, 2.45) is 5.92 Å². The van der Waals surface area contributed by atoms with Crippen LogP contribution in [0.4, 0.5) is 9.59 Å². The van der Waals surface area contributed by atoms with Gasteiger partial charge in [-0.1, -0.05) is 58.8 Å². The molecule has 0 aromatic carbocycles. The van der Waals surface area contributed by atoms with Crippen LogP contribution in [0.2, 0.25) is 0 Å². The molecule has 10 nitrogen and oxygen atoms in total. The number of carbonyl (C=O) groups is 5. The molecule has 0 radical (unpaired) electrons. The third kappa shape index (κ3) is 21.1. The zero-order valence-corrected chi connectivity index (χ0v) is 27.4. The number of ether oxygens (including phenoxy) is 2. The third-order valence-electron chi connectivity index (χ3n) is 6.69. The predicted octanol–water partition coefficient (Wildman–Crippen LogP) is 7.11. The zero-order chi connectivity index (χ0) is 32.3. The van der Waals surface area contributed by atoms with E-state index in [0.717, 1.165) is 38.5 Å². The topological polar surface area (TPSA) is 148 Å². The van der Waals surface area contributed by atoms with Gasteiger partial charge in [0.2, 0.25) is 0 Å². The van der Waals surface area contributed by atoms with E-state index in [-0.39, 0.29) is 30.3 Å². The number of Topliss-reactive ketones (excluding diaryl/α,β-unsaturated/α-hetero) is 2. The van der Waals surface area contributed by atoms with Gasteiger partial charge in [0.05, 0.1) is 6.04 Å². The Hall–Kier alpha value is -2.65. The molecule has 0 aliphatic carbocycles. The fraction of sp³-hybridized carbons (Fsp3) is 0.844. The summed E-state index contributed by atoms with van der Waals surface area (Å²) < 4.78 is 10.5. The van der Waals surface area contributed by atoms with Crippen LogP contribution in [0.25, 0.3) is 0 Å². The highest BCUT2D eigenvalue weighted by Gasteiger charge is 2.25. The number of nitrogens with one attached hydrogen (secondary N) is 2. The summed E-state index contributed by atoms with van der Waals surface area (Å²) in [7, 11) is 0. The maximum absolute atomic E-state index is 13.0. The molecule has 0 bridgehead atoms. The lowest BCUT2D eigenvalue weighted by atomic mass is 9.94. The number of hydrogen-bond donors (Lipinski definition) is 3. The lowest BCUT2D eigenvalue weighted by Gasteiger charge is -2.23. The van der Waals surface area contributed by atoms with Gasteiger partial charge in [0, 0.05) is 18.8 Å². The second kappa shape index (κ2) is 20.3. The fourth-order valence-electron chi connectivity index (χ4n) is 4.40. The zero-order valence-electron chi connectivity index (χ0n) is 27.4. The van der Waals surface area contributed by atoms with Gasteiger partial charge in [0.15, 0.2) is 5.78 Å². The molecule has 0 aliphatic rings. The normalized spacial score (nSPS) is 13.9. The Bertz CT molecular complexity index is 844. The van der Waals surface area contributed by atoms with Crippen molar-refractivity contribution in [3.63, 3.8) is 0 Å². The maximum atomic E-state index is 13.0. The molecule has 10 heteroatoms. The summed E-state index contributed by atoms with van der Waals surface area (Å²) >= 11 is 0. The number of rotatable bonds is 21. The number of aliphatic carboxylic acids is 1. The highest BCUT2D eigenvalue weighted by molar-refractivity contribution is 5.87. The van der Waals surface area contributed by atoms with E-state index in [1.807, 2.05) is 6.92 Å². The monoisotopic (exact) mass is 598 g/mol. The minimum atomic E-state index is -1.15. The van der Waals surface area contributed by atoms with E-state index in [9.17, 15) is 29.1 Å². The quantitative estimate of drug-likeness (QED) is 0.118. The first-order valence-electron chi connectivity index (χ1n) is 15.7. The van der Waals surface area contributed by atoms with E-state index in [0.29, 0.717) is 38.5 Å². The summed E-state index contributed by atoms with van der Waals surface area (Å²) in [6.07, 6.45) is 8.12. The van der Waals surface area contributed by atoms with E-state index in [4.69, 9.17) is 9.47 Å². The molecular formula is C32H58N2O8. The Morgan fingerprint density at radius 1 is 0.619 bits per heavy atom. The van der Waals surface area contributed by atoms with Crippen LogP contribution < -0.4 is 10.6 Å². The van der Waals surface area contributed by atoms with Crippen LogP contribution in [0.5, 0.6) is 0 Å². The molecule has 2 amide bonds. The molecular weight excluding hydrogens is 540 g/mol. The van der Waals surface area contributed by atoms with Crippen molar-refractivity contribution in [1.29, 1.82) is 0 Å². The van der Waals surface area contributed by atoms with Crippen LogP contribution in [0, 0.1) is 5.92 Å². The molecule has 0 saturated carbocycles. The summed E-state index contributed by atoms with van der Waals surface area (Å²) in [4.78, 5) is 61.3. The van der Waals surface area contributed by atoms with Gasteiger partial charge in [-0.05, 0) is 73.6 Å². The number of carbonyl (C=O) groups excluding carboxylic acids is 4. The Balaban J connectivity index is 4.75. The second-order valence-electron chi connectivity index (χ2n) is 13.3. The largest absolute Gasteiger partial charge is 0.480 e. The molecule has 0 aromatic rings. The summed E-state index contributed by atoms with van der Waals surface area (Å²) in [6, 6.07) is -1.77. The molecule has 0 fully saturated rings. The van der Waals surface area contributed by atoms with E-state index in [2.05, 4.69) is 17.6 Å². The summed E-state index contributed by atoms with van der Waals surface area (Å²) in [5, 5.41) is 14.5. The fourth-order valence-corrected chi connectivity index (χ4v) is 4.40. The first-order valence-corrected chi connectivity index (χ1v) is 15.7. The van der Waals surface area contributed by atoms with Crippen LogP contribution >= 0.6 is 0 Å². The molecule has 0 saturated heterocycles. The van der Waals surface area contributed by atoms with Crippen molar-refractivity contribution in [3.8, 4) is 0 Å². The Labute approximate surface area is 253 Å². The maximum Gasteiger partial charge on any atom is 0.408 e. The van der Waals surface area contributed by atoms with Gasteiger partial charge in [-0.25, -0.2) is 14.4 Å². The van der Waals surface area contributed by atoms with Crippen LogP contribution in [0.3, 0.4) is 0 Å². The number of unbranched alkanes of at least 4 members (excludes halogenated alkanes) is 6. The number of carboxylic acids is 1. The van der Waals surface area contributed by atoms with Crippen LogP contribution in [0.1, 0.15) is 145 Å². The number of alkyl carbamates (subject to hydrolysis) is 2.